The third-order valence-corrected chi connectivity index (χ3v) is 2.18. The standard InChI is InChI=1S/C8H16N2O2/c9-4-1-8(12)10-5-2-7(11)3-6-10/h7,11H,1-6,9H2. The van der Waals surface area contributed by atoms with Crippen LogP contribution in [0.5, 0.6) is 0 Å². The molecule has 4 heteroatoms. The molecule has 0 spiro atoms. The number of carbonyl (C=O) groups excluding carboxylic acids is 1. The summed E-state index contributed by atoms with van der Waals surface area (Å²) < 4.78 is 0. The van der Waals surface area contributed by atoms with Crippen LogP contribution in [0.4, 0.5) is 0 Å². The molecule has 0 aliphatic carbocycles. The van der Waals surface area contributed by atoms with E-state index in [0.29, 0.717) is 38.9 Å². The highest BCUT2D eigenvalue weighted by atomic mass is 16.3. The number of hydrogen-bond donors (Lipinski definition) is 2. The number of likely N-dealkylation sites (tertiary alicyclic amines) is 1. The second-order valence-electron chi connectivity index (χ2n) is 3.15. The molecule has 0 atom stereocenters. The molecule has 0 radical (unpaired) electrons. The molecule has 1 saturated heterocycles. The Bertz CT molecular complexity index is 153. The van der Waals surface area contributed by atoms with E-state index in [2.05, 4.69) is 0 Å². The first kappa shape index (κ1) is 9.48. The Labute approximate surface area is 72.3 Å². The maximum absolute atomic E-state index is 11.3. The van der Waals surface area contributed by atoms with E-state index in [1.54, 1.807) is 4.90 Å². The van der Waals surface area contributed by atoms with E-state index in [9.17, 15) is 9.90 Å². The van der Waals surface area contributed by atoms with Gasteiger partial charge in [0.1, 0.15) is 0 Å². The largest absolute Gasteiger partial charge is 0.393 e. The van der Waals surface area contributed by atoms with Crippen LogP contribution in [0.15, 0.2) is 0 Å². The molecule has 1 amide bonds. The number of amides is 1. The summed E-state index contributed by atoms with van der Waals surface area (Å²) in [7, 11) is 0. The highest BCUT2D eigenvalue weighted by molar-refractivity contribution is 5.76. The van der Waals surface area contributed by atoms with Crippen molar-refractivity contribution in [1.29, 1.82) is 0 Å². The SMILES string of the molecule is NCCC(=O)N1CCC(O)CC1. The first-order valence-corrected chi connectivity index (χ1v) is 4.40. The summed E-state index contributed by atoms with van der Waals surface area (Å²) in [5.74, 6) is 0.115. The average Bonchev–Trinajstić information content (AvgIpc) is 2.06. The Balaban J connectivity index is 2.29. The summed E-state index contributed by atoms with van der Waals surface area (Å²) in [5.41, 5.74) is 5.27. The van der Waals surface area contributed by atoms with E-state index < -0.39 is 0 Å². The zero-order chi connectivity index (χ0) is 8.97. The molecule has 1 heterocycles. The first-order valence-electron chi connectivity index (χ1n) is 4.40. The topological polar surface area (TPSA) is 66.6 Å². The highest BCUT2D eigenvalue weighted by Crippen LogP contribution is 2.10. The predicted molar refractivity (Wildman–Crippen MR) is 45.5 cm³/mol. The molecule has 1 fully saturated rings. The van der Waals surface area contributed by atoms with Gasteiger partial charge in [0.25, 0.3) is 0 Å². The lowest BCUT2D eigenvalue weighted by atomic mass is 10.1. The molecule has 4 nitrogen and oxygen atoms in total. The molecule has 1 aliphatic heterocycles. The number of hydrogen-bond acceptors (Lipinski definition) is 3. The number of carbonyl (C=O) groups is 1. The van der Waals surface area contributed by atoms with Gasteiger partial charge in [-0.25, -0.2) is 0 Å². The molecule has 0 bridgehead atoms. The van der Waals surface area contributed by atoms with E-state index in [1.165, 1.54) is 0 Å². The number of nitrogens with two attached hydrogens (primary N) is 1. The van der Waals surface area contributed by atoms with Crippen LogP contribution in [-0.2, 0) is 4.79 Å². The van der Waals surface area contributed by atoms with Crippen LogP contribution < -0.4 is 5.73 Å². The molecule has 1 rings (SSSR count). The van der Waals surface area contributed by atoms with E-state index in [1.807, 2.05) is 0 Å². The Morgan fingerprint density at radius 2 is 2.08 bits per heavy atom. The van der Waals surface area contributed by atoms with Crippen LogP contribution in [0.3, 0.4) is 0 Å². The fraction of sp³-hybridized carbons (Fsp3) is 0.875. The molecule has 0 aromatic carbocycles. The summed E-state index contributed by atoms with van der Waals surface area (Å²) in [4.78, 5) is 13.0. The monoisotopic (exact) mass is 172 g/mol. The number of rotatable bonds is 2. The molecule has 1 aliphatic rings. The molecule has 12 heavy (non-hydrogen) atoms. The van der Waals surface area contributed by atoms with Crippen molar-refractivity contribution in [2.45, 2.75) is 25.4 Å². The fourth-order valence-electron chi connectivity index (χ4n) is 1.40. The van der Waals surface area contributed by atoms with Crippen molar-refractivity contribution in [3.05, 3.63) is 0 Å². The minimum atomic E-state index is -0.216. The Hall–Kier alpha value is -0.610. The van der Waals surface area contributed by atoms with Crippen molar-refractivity contribution >= 4 is 5.91 Å². The number of piperidine rings is 1. The van der Waals surface area contributed by atoms with Gasteiger partial charge in [0, 0.05) is 26.1 Å². The van der Waals surface area contributed by atoms with Gasteiger partial charge >= 0.3 is 0 Å². The van der Waals surface area contributed by atoms with Crippen molar-refractivity contribution in [3.8, 4) is 0 Å². The lowest BCUT2D eigenvalue weighted by Crippen LogP contribution is -2.40. The highest BCUT2D eigenvalue weighted by Gasteiger charge is 2.20. The molecule has 0 unspecified atom stereocenters. The number of aliphatic hydroxyl groups is 1. The Kier molecular flexibility index (Phi) is 3.49. The van der Waals surface area contributed by atoms with E-state index in [-0.39, 0.29) is 12.0 Å². The van der Waals surface area contributed by atoms with Crippen LogP contribution >= 0.6 is 0 Å². The molecule has 0 aromatic heterocycles. The van der Waals surface area contributed by atoms with Gasteiger partial charge in [-0.1, -0.05) is 0 Å². The maximum Gasteiger partial charge on any atom is 0.223 e. The lowest BCUT2D eigenvalue weighted by Gasteiger charge is -2.29. The summed E-state index contributed by atoms with van der Waals surface area (Å²) in [5, 5.41) is 9.18. The quantitative estimate of drug-likeness (QED) is 0.580. The average molecular weight is 172 g/mol. The summed E-state index contributed by atoms with van der Waals surface area (Å²) in [6.45, 7) is 1.78. The molecule has 3 N–H and O–H groups in total. The van der Waals surface area contributed by atoms with E-state index in [4.69, 9.17) is 5.73 Å². The number of nitrogens with zero attached hydrogens (tertiary/aromatic N) is 1. The van der Waals surface area contributed by atoms with Crippen molar-refractivity contribution in [2.75, 3.05) is 19.6 Å². The zero-order valence-electron chi connectivity index (χ0n) is 7.20. The van der Waals surface area contributed by atoms with Crippen LogP contribution in [0.1, 0.15) is 19.3 Å². The third kappa shape index (κ3) is 2.46. The first-order chi connectivity index (χ1) is 5.74. The van der Waals surface area contributed by atoms with Crippen LogP contribution in [0.25, 0.3) is 0 Å². The molecule has 0 aromatic rings. The Morgan fingerprint density at radius 3 is 2.58 bits per heavy atom. The van der Waals surface area contributed by atoms with Crippen molar-refractivity contribution in [3.63, 3.8) is 0 Å². The second kappa shape index (κ2) is 4.42. The molecular formula is C8H16N2O2. The van der Waals surface area contributed by atoms with Gasteiger partial charge in [-0.3, -0.25) is 4.79 Å². The van der Waals surface area contributed by atoms with Gasteiger partial charge in [0.05, 0.1) is 6.10 Å². The number of aliphatic hydroxyl groups excluding tert-OH is 1. The van der Waals surface area contributed by atoms with Crippen LogP contribution in [0, 0.1) is 0 Å². The van der Waals surface area contributed by atoms with Gasteiger partial charge < -0.3 is 15.7 Å². The third-order valence-electron chi connectivity index (χ3n) is 2.18. The van der Waals surface area contributed by atoms with Crippen molar-refractivity contribution in [1.82, 2.24) is 4.90 Å². The lowest BCUT2D eigenvalue weighted by molar-refractivity contribution is -0.132. The summed E-state index contributed by atoms with van der Waals surface area (Å²) in [6.07, 6.45) is 1.62. The molecule has 0 saturated carbocycles. The van der Waals surface area contributed by atoms with Gasteiger partial charge in [-0.15, -0.1) is 0 Å². The second-order valence-corrected chi connectivity index (χ2v) is 3.15. The Morgan fingerprint density at radius 1 is 1.50 bits per heavy atom. The smallest absolute Gasteiger partial charge is 0.223 e. The minimum Gasteiger partial charge on any atom is -0.393 e. The van der Waals surface area contributed by atoms with Gasteiger partial charge in [-0.05, 0) is 12.8 Å². The van der Waals surface area contributed by atoms with Crippen molar-refractivity contribution in [2.24, 2.45) is 5.73 Å². The fourth-order valence-corrected chi connectivity index (χ4v) is 1.40. The van der Waals surface area contributed by atoms with Gasteiger partial charge in [-0.2, -0.15) is 0 Å². The van der Waals surface area contributed by atoms with Gasteiger partial charge in [0.15, 0.2) is 0 Å². The van der Waals surface area contributed by atoms with Crippen LogP contribution in [0.2, 0.25) is 0 Å². The predicted octanol–water partition coefficient (Wildman–Crippen LogP) is -0.681. The van der Waals surface area contributed by atoms with E-state index >= 15 is 0 Å². The van der Waals surface area contributed by atoms with E-state index in [0.717, 1.165) is 0 Å². The van der Waals surface area contributed by atoms with Crippen LogP contribution in [-0.4, -0.2) is 41.7 Å². The molecule has 70 valence electrons. The summed E-state index contributed by atoms with van der Waals surface area (Å²) in [6, 6.07) is 0. The van der Waals surface area contributed by atoms with Crippen molar-refractivity contribution < 1.29 is 9.90 Å². The van der Waals surface area contributed by atoms with Gasteiger partial charge in [0.2, 0.25) is 5.91 Å². The summed E-state index contributed by atoms with van der Waals surface area (Å²) >= 11 is 0. The maximum atomic E-state index is 11.3. The minimum absolute atomic E-state index is 0.115. The zero-order valence-corrected chi connectivity index (χ0v) is 7.20. The molecular weight excluding hydrogens is 156 g/mol. The normalized spacial score (nSPS) is 19.7.